The minimum Gasteiger partial charge on any atom is -0.294 e. The molecule has 2 aromatic rings. The molecule has 2 rings (SSSR count). The zero-order valence-corrected chi connectivity index (χ0v) is 12.4. The number of alkyl halides is 3. The first kappa shape index (κ1) is 15.0. The second-order valence-corrected chi connectivity index (χ2v) is 5.44. The van der Waals surface area contributed by atoms with E-state index in [1.54, 1.807) is 18.2 Å². The van der Waals surface area contributed by atoms with Crippen molar-refractivity contribution in [3.8, 4) is 0 Å². The van der Waals surface area contributed by atoms with Gasteiger partial charge in [0.2, 0.25) is 0 Å². The minimum absolute atomic E-state index is 0.0378. The number of carbonyl (C=O) groups excluding carboxylic acids is 1. The van der Waals surface area contributed by atoms with E-state index in [1.807, 2.05) is 28.7 Å². The van der Waals surface area contributed by atoms with Gasteiger partial charge >= 0.3 is 6.18 Å². The molecule has 0 unspecified atom stereocenters. The van der Waals surface area contributed by atoms with Crippen molar-refractivity contribution in [3.63, 3.8) is 0 Å². The average molecular weight is 390 g/mol. The Hall–Kier alpha value is -1.37. The summed E-state index contributed by atoms with van der Waals surface area (Å²) in [6.07, 6.45) is -4.43. The van der Waals surface area contributed by atoms with E-state index in [1.165, 1.54) is 12.1 Å². The third-order valence-electron chi connectivity index (χ3n) is 2.79. The van der Waals surface area contributed by atoms with Crippen molar-refractivity contribution >= 4 is 28.4 Å². The van der Waals surface area contributed by atoms with Gasteiger partial charge in [0.05, 0.1) is 5.56 Å². The van der Waals surface area contributed by atoms with Crippen LogP contribution in [0.25, 0.3) is 0 Å². The van der Waals surface area contributed by atoms with Crippen molar-refractivity contribution in [3.05, 3.63) is 68.8 Å². The summed E-state index contributed by atoms with van der Waals surface area (Å²) >= 11 is 2.04. The molecule has 0 aliphatic rings. The zero-order chi connectivity index (χ0) is 14.8. The Morgan fingerprint density at radius 3 is 2.40 bits per heavy atom. The van der Waals surface area contributed by atoms with Crippen LogP contribution in [-0.2, 0) is 12.6 Å². The van der Waals surface area contributed by atoms with E-state index >= 15 is 0 Å². The highest BCUT2D eigenvalue weighted by Gasteiger charge is 2.30. The lowest BCUT2D eigenvalue weighted by Gasteiger charge is -2.09. The Morgan fingerprint density at radius 2 is 1.75 bits per heavy atom. The van der Waals surface area contributed by atoms with Crippen LogP contribution in [0.3, 0.4) is 0 Å². The summed E-state index contributed by atoms with van der Waals surface area (Å²) in [5.41, 5.74) is 0.167. The van der Waals surface area contributed by atoms with Crippen LogP contribution < -0.4 is 0 Å². The number of carbonyl (C=O) groups is 1. The Kier molecular flexibility index (Phi) is 4.47. The molecule has 0 spiro atoms. The second-order valence-electron chi connectivity index (χ2n) is 4.28. The molecule has 0 fully saturated rings. The fourth-order valence-corrected chi connectivity index (χ4v) is 2.51. The zero-order valence-electron chi connectivity index (χ0n) is 10.2. The maximum Gasteiger partial charge on any atom is 0.416 e. The van der Waals surface area contributed by atoms with Crippen molar-refractivity contribution in [2.45, 2.75) is 12.6 Å². The number of ketones is 1. The Morgan fingerprint density at radius 1 is 1.05 bits per heavy atom. The monoisotopic (exact) mass is 390 g/mol. The van der Waals surface area contributed by atoms with E-state index in [0.717, 1.165) is 15.7 Å². The van der Waals surface area contributed by atoms with Crippen molar-refractivity contribution < 1.29 is 18.0 Å². The lowest BCUT2D eigenvalue weighted by atomic mass is 10.0. The molecule has 0 atom stereocenters. The number of Topliss-reactive ketones (excluding diaryl/α,β-unsaturated/α-hetero) is 1. The van der Waals surface area contributed by atoms with Gasteiger partial charge in [-0.25, -0.2) is 0 Å². The van der Waals surface area contributed by atoms with E-state index in [2.05, 4.69) is 0 Å². The molecule has 0 aliphatic carbocycles. The van der Waals surface area contributed by atoms with Gasteiger partial charge < -0.3 is 0 Å². The summed E-state index contributed by atoms with van der Waals surface area (Å²) in [5, 5.41) is 0. The third-order valence-corrected chi connectivity index (χ3v) is 3.73. The molecule has 0 bridgehead atoms. The van der Waals surface area contributed by atoms with Crippen molar-refractivity contribution in [2.24, 2.45) is 0 Å². The van der Waals surface area contributed by atoms with Gasteiger partial charge in [0.1, 0.15) is 0 Å². The number of halogens is 4. The molecule has 0 aliphatic heterocycles. The van der Waals surface area contributed by atoms with Gasteiger partial charge in [-0.15, -0.1) is 0 Å². The molecule has 0 radical (unpaired) electrons. The van der Waals surface area contributed by atoms with Gasteiger partial charge in [-0.05, 0) is 40.3 Å². The average Bonchev–Trinajstić information content (AvgIpc) is 2.38. The van der Waals surface area contributed by atoms with E-state index in [4.69, 9.17) is 0 Å². The van der Waals surface area contributed by atoms with Crippen LogP contribution in [0.4, 0.5) is 13.2 Å². The summed E-state index contributed by atoms with van der Waals surface area (Å²) in [4.78, 5) is 12.1. The first-order valence-electron chi connectivity index (χ1n) is 5.82. The molecule has 1 nitrogen and oxygen atoms in total. The number of hydrogen-bond acceptors (Lipinski definition) is 1. The van der Waals surface area contributed by atoms with E-state index in [0.29, 0.717) is 11.1 Å². The first-order chi connectivity index (χ1) is 9.38. The predicted molar refractivity (Wildman–Crippen MR) is 78.6 cm³/mol. The molecule has 0 saturated carbocycles. The van der Waals surface area contributed by atoms with E-state index in [9.17, 15) is 18.0 Å². The van der Waals surface area contributed by atoms with Crippen molar-refractivity contribution in [2.75, 3.05) is 0 Å². The normalized spacial score (nSPS) is 11.4. The molecule has 0 amide bonds. The summed E-state index contributed by atoms with van der Waals surface area (Å²) in [5.74, 6) is -0.186. The number of hydrogen-bond donors (Lipinski definition) is 0. The van der Waals surface area contributed by atoms with Crippen LogP contribution >= 0.6 is 22.6 Å². The highest BCUT2D eigenvalue weighted by Crippen LogP contribution is 2.29. The Balaban J connectivity index is 2.23. The number of benzene rings is 2. The highest BCUT2D eigenvalue weighted by molar-refractivity contribution is 14.1. The van der Waals surface area contributed by atoms with Crippen LogP contribution in [0.2, 0.25) is 0 Å². The maximum absolute atomic E-state index is 12.6. The quantitative estimate of drug-likeness (QED) is 0.547. The van der Waals surface area contributed by atoms with Gasteiger partial charge in [0.15, 0.2) is 5.78 Å². The summed E-state index contributed by atoms with van der Waals surface area (Å²) in [6.45, 7) is 0. The van der Waals surface area contributed by atoms with Gasteiger partial charge in [0.25, 0.3) is 0 Å². The molecule has 2 aromatic carbocycles. The molecule has 20 heavy (non-hydrogen) atoms. The van der Waals surface area contributed by atoms with E-state index in [-0.39, 0.29) is 12.2 Å². The summed E-state index contributed by atoms with van der Waals surface area (Å²) < 4.78 is 38.6. The minimum atomic E-state index is -4.39. The third kappa shape index (κ3) is 3.59. The fraction of sp³-hybridized carbons (Fsp3) is 0.133. The Labute approximate surface area is 128 Å². The SMILES string of the molecule is O=C(Cc1cccc(C(F)(F)F)c1)c1ccccc1I. The molecule has 0 aromatic heterocycles. The topological polar surface area (TPSA) is 17.1 Å². The highest BCUT2D eigenvalue weighted by atomic mass is 127. The molecule has 104 valence electrons. The van der Waals surface area contributed by atoms with Crippen LogP contribution in [0.1, 0.15) is 21.5 Å². The molecular formula is C15H10F3IO. The van der Waals surface area contributed by atoms with E-state index < -0.39 is 11.7 Å². The second kappa shape index (κ2) is 5.95. The number of rotatable bonds is 3. The standard InChI is InChI=1S/C15H10F3IO/c16-15(17,18)11-5-3-4-10(8-11)9-14(20)12-6-1-2-7-13(12)19/h1-8H,9H2. The lowest BCUT2D eigenvalue weighted by Crippen LogP contribution is -2.08. The first-order valence-corrected chi connectivity index (χ1v) is 6.89. The molecular weight excluding hydrogens is 380 g/mol. The fourth-order valence-electron chi connectivity index (χ4n) is 1.83. The van der Waals surface area contributed by atoms with Gasteiger partial charge in [-0.2, -0.15) is 13.2 Å². The van der Waals surface area contributed by atoms with Crippen molar-refractivity contribution in [1.29, 1.82) is 0 Å². The predicted octanol–water partition coefficient (Wildman–Crippen LogP) is 4.74. The Bertz CT molecular complexity index is 635. The van der Waals surface area contributed by atoms with Crippen LogP contribution in [0, 0.1) is 3.57 Å². The summed E-state index contributed by atoms with van der Waals surface area (Å²) in [6, 6.07) is 11.9. The van der Waals surface area contributed by atoms with Crippen LogP contribution in [0.5, 0.6) is 0 Å². The largest absolute Gasteiger partial charge is 0.416 e. The summed E-state index contributed by atoms with van der Waals surface area (Å²) in [7, 11) is 0. The van der Waals surface area contributed by atoms with Crippen LogP contribution in [-0.4, -0.2) is 5.78 Å². The van der Waals surface area contributed by atoms with Crippen LogP contribution in [0.15, 0.2) is 48.5 Å². The molecule has 0 heterocycles. The van der Waals surface area contributed by atoms with Gasteiger partial charge in [-0.3, -0.25) is 4.79 Å². The van der Waals surface area contributed by atoms with Gasteiger partial charge in [-0.1, -0.05) is 36.4 Å². The smallest absolute Gasteiger partial charge is 0.294 e. The molecule has 0 saturated heterocycles. The van der Waals surface area contributed by atoms with Crippen molar-refractivity contribution in [1.82, 2.24) is 0 Å². The maximum atomic E-state index is 12.6. The molecule has 0 N–H and O–H groups in total. The lowest BCUT2D eigenvalue weighted by molar-refractivity contribution is -0.137. The van der Waals surface area contributed by atoms with Gasteiger partial charge in [0, 0.05) is 15.6 Å². The molecule has 5 heteroatoms.